The fourth-order valence-corrected chi connectivity index (χ4v) is 2.29. The van der Waals surface area contributed by atoms with Crippen LogP contribution < -0.4 is 5.32 Å². The van der Waals surface area contributed by atoms with Gasteiger partial charge in [0.05, 0.1) is 0 Å². The van der Waals surface area contributed by atoms with Crippen molar-refractivity contribution in [2.75, 3.05) is 13.1 Å². The van der Waals surface area contributed by atoms with Gasteiger partial charge >= 0.3 is 0 Å². The van der Waals surface area contributed by atoms with Crippen LogP contribution in [0.4, 0.5) is 0 Å². The van der Waals surface area contributed by atoms with Gasteiger partial charge < -0.3 is 5.32 Å². The molecular formula is C9H18N2. The average Bonchev–Trinajstić information content (AvgIpc) is 2.08. The van der Waals surface area contributed by atoms with E-state index in [9.17, 15) is 0 Å². The lowest BCUT2D eigenvalue weighted by molar-refractivity contribution is -0.00946. The smallest absolute Gasteiger partial charge is 0.0352 e. The largest absolute Gasteiger partial charge is 0.311 e. The third-order valence-electron chi connectivity index (χ3n) is 2.97. The minimum Gasteiger partial charge on any atom is -0.311 e. The van der Waals surface area contributed by atoms with Crippen molar-refractivity contribution in [3.8, 4) is 0 Å². The lowest BCUT2D eigenvalue weighted by atomic mass is 9.90. The number of hydrogen-bond acceptors (Lipinski definition) is 2. The summed E-state index contributed by atoms with van der Waals surface area (Å²) >= 11 is 0. The molecule has 2 aliphatic heterocycles. The third kappa shape index (κ3) is 1.09. The van der Waals surface area contributed by atoms with Crippen LogP contribution in [0.2, 0.25) is 0 Å². The molecule has 2 fully saturated rings. The number of nitrogens with one attached hydrogen (secondary N) is 1. The lowest BCUT2D eigenvalue weighted by Crippen LogP contribution is -2.66. The van der Waals surface area contributed by atoms with E-state index in [1.54, 1.807) is 0 Å². The van der Waals surface area contributed by atoms with E-state index in [2.05, 4.69) is 31.0 Å². The Balaban J connectivity index is 2.00. The molecule has 2 saturated heterocycles. The molecule has 2 aliphatic rings. The first kappa shape index (κ1) is 7.56. The molecule has 0 aliphatic carbocycles. The second-order valence-electron chi connectivity index (χ2n) is 4.74. The molecule has 2 heteroatoms. The van der Waals surface area contributed by atoms with Crippen LogP contribution in [0.3, 0.4) is 0 Å². The molecule has 11 heavy (non-hydrogen) atoms. The molecule has 2 nitrogen and oxygen atoms in total. The topological polar surface area (TPSA) is 15.3 Å². The predicted octanol–water partition coefficient (Wildman–Crippen LogP) is 0.831. The van der Waals surface area contributed by atoms with Crippen molar-refractivity contribution in [1.29, 1.82) is 0 Å². The SMILES string of the molecule is CC(C)(C)N1CC2NCCC21. The van der Waals surface area contributed by atoms with Crippen molar-refractivity contribution in [2.24, 2.45) is 0 Å². The number of likely N-dealkylation sites (tertiary alicyclic amines) is 1. The second kappa shape index (κ2) is 2.20. The Morgan fingerprint density at radius 2 is 2.09 bits per heavy atom. The van der Waals surface area contributed by atoms with Crippen LogP contribution in [0.15, 0.2) is 0 Å². The van der Waals surface area contributed by atoms with E-state index in [4.69, 9.17) is 0 Å². The van der Waals surface area contributed by atoms with Gasteiger partial charge in [-0.05, 0) is 33.7 Å². The van der Waals surface area contributed by atoms with Crippen molar-refractivity contribution in [1.82, 2.24) is 10.2 Å². The van der Waals surface area contributed by atoms with Crippen LogP contribution >= 0.6 is 0 Å². The Bertz CT molecular complexity index is 159. The minimum absolute atomic E-state index is 0.382. The van der Waals surface area contributed by atoms with E-state index in [1.807, 2.05) is 0 Å². The zero-order valence-electron chi connectivity index (χ0n) is 7.72. The monoisotopic (exact) mass is 154 g/mol. The first-order valence-corrected chi connectivity index (χ1v) is 4.59. The van der Waals surface area contributed by atoms with E-state index in [-0.39, 0.29) is 0 Å². The van der Waals surface area contributed by atoms with E-state index in [1.165, 1.54) is 19.5 Å². The number of hydrogen-bond donors (Lipinski definition) is 1. The first-order valence-electron chi connectivity index (χ1n) is 4.59. The summed E-state index contributed by atoms with van der Waals surface area (Å²) in [7, 11) is 0. The zero-order valence-corrected chi connectivity index (χ0v) is 7.72. The molecule has 0 aromatic carbocycles. The van der Waals surface area contributed by atoms with Gasteiger partial charge in [0.1, 0.15) is 0 Å². The Morgan fingerprint density at radius 3 is 2.64 bits per heavy atom. The highest BCUT2D eigenvalue weighted by Crippen LogP contribution is 2.32. The number of rotatable bonds is 0. The second-order valence-corrected chi connectivity index (χ2v) is 4.74. The first-order chi connectivity index (χ1) is 5.09. The summed E-state index contributed by atoms with van der Waals surface area (Å²) in [6.45, 7) is 9.40. The molecule has 1 N–H and O–H groups in total. The summed E-state index contributed by atoms with van der Waals surface area (Å²) in [5.41, 5.74) is 0.382. The van der Waals surface area contributed by atoms with Gasteiger partial charge in [-0.3, -0.25) is 4.90 Å². The van der Waals surface area contributed by atoms with E-state index >= 15 is 0 Å². The van der Waals surface area contributed by atoms with Crippen LogP contribution in [0.5, 0.6) is 0 Å². The molecule has 2 atom stereocenters. The van der Waals surface area contributed by atoms with Crippen LogP contribution in [-0.4, -0.2) is 35.6 Å². The van der Waals surface area contributed by atoms with Gasteiger partial charge in [-0.2, -0.15) is 0 Å². The summed E-state index contributed by atoms with van der Waals surface area (Å²) in [6.07, 6.45) is 1.35. The number of nitrogens with zero attached hydrogens (tertiary/aromatic N) is 1. The van der Waals surface area contributed by atoms with Gasteiger partial charge in [0, 0.05) is 24.2 Å². The summed E-state index contributed by atoms with van der Waals surface area (Å²) in [5, 5.41) is 3.52. The maximum absolute atomic E-state index is 3.52. The normalized spacial score (nSPS) is 38.5. The van der Waals surface area contributed by atoms with Crippen molar-refractivity contribution in [2.45, 2.75) is 44.8 Å². The Hall–Kier alpha value is -0.0800. The molecule has 2 rings (SSSR count). The molecule has 0 saturated carbocycles. The summed E-state index contributed by atoms with van der Waals surface area (Å²) in [5.74, 6) is 0. The molecule has 64 valence electrons. The Kier molecular flexibility index (Phi) is 1.52. The minimum atomic E-state index is 0.382. The highest BCUT2D eigenvalue weighted by atomic mass is 15.3. The third-order valence-corrected chi connectivity index (χ3v) is 2.97. The summed E-state index contributed by atoms with van der Waals surface area (Å²) < 4.78 is 0. The molecule has 0 amide bonds. The van der Waals surface area contributed by atoms with Crippen LogP contribution in [0.1, 0.15) is 27.2 Å². The Labute approximate surface area is 69.0 Å². The molecule has 0 spiro atoms. The van der Waals surface area contributed by atoms with Crippen LogP contribution in [-0.2, 0) is 0 Å². The van der Waals surface area contributed by atoms with Crippen molar-refractivity contribution >= 4 is 0 Å². The van der Waals surface area contributed by atoms with Gasteiger partial charge in [0.15, 0.2) is 0 Å². The lowest BCUT2D eigenvalue weighted by Gasteiger charge is -2.51. The van der Waals surface area contributed by atoms with Gasteiger partial charge in [-0.25, -0.2) is 0 Å². The van der Waals surface area contributed by atoms with Crippen molar-refractivity contribution in [3.63, 3.8) is 0 Å². The molecule has 0 radical (unpaired) electrons. The van der Waals surface area contributed by atoms with Gasteiger partial charge in [-0.15, -0.1) is 0 Å². The molecule has 2 unspecified atom stereocenters. The molecular weight excluding hydrogens is 136 g/mol. The zero-order chi connectivity index (χ0) is 8.06. The summed E-state index contributed by atoms with van der Waals surface area (Å²) in [6, 6.07) is 1.66. The molecule has 2 heterocycles. The van der Waals surface area contributed by atoms with Crippen LogP contribution in [0.25, 0.3) is 0 Å². The predicted molar refractivity (Wildman–Crippen MR) is 46.7 cm³/mol. The fraction of sp³-hybridized carbons (Fsp3) is 1.00. The quantitative estimate of drug-likeness (QED) is 0.556. The van der Waals surface area contributed by atoms with E-state index in [0.29, 0.717) is 5.54 Å². The highest BCUT2D eigenvalue weighted by molar-refractivity contribution is 5.05. The van der Waals surface area contributed by atoms with Crippen molar-refractivity contribution in [3.05, 3.63) is 0 Å². The van der Waals surface area contributed by atoms with Gasteiger partial charge in [0.2, 0.25) is 0 Å². The maximum Gasteiger partial charge on any atom is 0.0352 e. The average molecular weight is 154 g/mol. The van der Waals surface area contributed by atoms with E-state index in [0.717, 1.165) is 12.1 Å². The standard InChI is InChI=1S/C9H18N2/c1-9(2,3)11-6-7-8(11)4-5-10-7/h7-8,10H,4-6H2,1-3H3. The Morgan fingerprint density at radius 1 is 1.36 bits per heavy atom. The number of fused-ring (bicyclic) bond motifs is 1. The van der Waals surface area contributed by atoms with Gasteiger partial charge in [0.25, 0.3) is 0 Å². The fourth-order valence-electron chi connectivity index (χ4n) is 2.29. The van der Waals surface area contributed by atoms with E-state index < -0.39 is 0 Å². The highest BCUT2D eigenvalue weighted by Gasteiger charge is 2.46. The van der Waals surface area contributed by atoms with Crippen LogP contribution in [0, 0.1) is 0 Å². The molecule has 0 aromatic heterocycles. The summed E-state index contributed by atoms with van der Waals surface area (Å²) in [4.78, 5) is 2.61. The molecule has 0 bridgehead atoms. The maximum atomic E-state index is 3.52. The molecule has 0 aromatic rings. The van der Waals surface area contributed by atoms with Crippen molar-refractivity contribution < 1.29 is 0 Å². The van der Waals surface area contributed by atoms with Gasteiger partial charge in [-0.1, -0.05) is 0 Å².